The molecule has 0 bridgehead atoms. The maximum atomic E-state index is 6.08. The fraction of sp³-hybridized carbons (Fsp3) is 0.667. The highest BCUT2D eigenvalue weighted by atomic mass is 16.5. The summed E-state index contributed by atoms with van der Waals surface area (Å²) in [5.41, 5.74) is 1.23. The van der Waals surface area contributed by atoms with Crippen molar-refractivity contribution in [3.05, 3.63) is 30.1 Å². The van der Waals surface area contributed by atoms with Crippen LogP contribution in [0.3, 0.4) is 0 Å². The molecule has 100 valence electrons. The predicted octanol–water partition coefficient (Wildman–Crippen LogP) is 2.56. The fourth-order valence-corrected chi connectivity index (χ4v) is 2.82. The highest BCUT2D eigenvalue weighted by Crippen LogP contribution is 2.37. The Morgan fingerprint density at radius 1 is 1.28 bits per heavy atom. The Bertz CT molecular complexity index is 387. The Hall–Kier alpha value is -0.930. The summed E-state index contributed by atoms with van der Waals surface area (Å²) in [4.78, 5) is 4.03. The van der Waals surface area contributed by atoms with Crippen molar-refractivity contribution in [2.45, 2.75) is 57.8 Å². The van der Waals surface area contributed by atoms with Crippen LogP contribution < -0.4 is 5.32 Å². The second-order valence-electron chi connectivity index (χ2n) is 6.28. The van der Waals surface area contributed by atoms with Gasteiger partial charge in [-0.1, -0.05) is 0 Å². The molecule has 3 nitrogen and oxygen atoms in total. The monoisotopic (exact) mass is 248 g/mol. The van der Waals surface area contributed by atoms with Crippen LogP contribution in [-0.2, 0) is 11.2 Å². The van der Waals surface area contributed by atoms with E-state index >= 15 is 0 Å². The number of hydrogen-bond donors (Lipinski definition) is 1. The standard InChI is InChI=1S/C15H24N2O/c1-14(2)11-13(15(3,4)18-14)17-10-7-12-5-8-16-9-6-12/h5-6,8-9,13,17H,7,10-11H2,1-4H3. The summed E-state index contributed by atoms with van der Waals surface area (Å²) in [7, 11) is 0. The molecule has 1 fully saturated rings. The van der Waals surface area contributed by atoms with Crippen LogP contribution in [0.5, 0.6) is 0 Å². The van der Waals surface area contributed by atoms with Crippen LogP contribution in [0.4, 0.5) is 0 Å². The third-order valence-electron chi connectivity index (χ3n) is 3.63. The first-order valence-corrected chi connectivity index (χ1v) is 6.71. The Labute approximate surface area is 110 Å². The number of aromatic nitrogens is 1. The molecule has 0 amide bonds. The van der Waals surface area contributed by atoms with Crippen LogP contribution in [0, 0.1) is 0 Å². The van der Waals surface area contributed by atoms with Crippen molar-refractivity contribution in [1.29, 1.82) is 0 Å². The average molecular weight is 248 g/mol. The third-order valence-corrected chi connectivity index (χ3v) is 3.63. The molecule has 1 aromatic heterocycles. The Morgan fingerprint density at radius 2 is 1.94 bits per heavy atom. The second-order valence-corrected chi connectivity index (χ2v) is 6.28. The van der Waals surface area contributed by atoms with Gasteiger partial charge in [0.2, 0.25) is 0 Å². The van der Waals surface area contributed by atoms with Gasteiger partial charge in [0.15, 0.2) is 0 Å². The topological polar surface area (TPSA) is 34.2 Å². The fourth-order valence-electron chi connectivity index (χ4n) is 2.82. The van der Waals surface area contributed by atoms with Crippen LogP contribution in [0.2, 0.25) is 0 Å². The highest BCUT2D eigenvalue weighted by Gasteiger charge is 2.45. The van der Waals surface area contributed by atoms with Gasteiger partial charge >= 0.3 is 0 Å². The molecule has 1 aromatic rings. The second kappa shape index (κ2) is 4.98. The summed E-state index contributed by atoms with van der Waals surface area (Å²) in [5, 5.41) is 3.63. The van der Waals surface area contributed by atoms with Crippen molar-refractivity contribution in [2.75, 3.05) is 6.54 Å². The molecule has 1 saturated heterocycles. The molecular formula is C15H24N2O. The first-order valence-electron chi connectivity index (χ1n) is 6.71. The number of ether oxygens (including phenoxy) is 1. The van der Waals surface area contributed by atoms with Gasteiger partial charge in [0.1, 0.15) is 0 Å². The normalized spacial score (nSPS) is 25.2. The summed E-state index contributed by atoms with van der Waals surface area (Å²) in [6.07, 6.45) is 5.80. The molecule has 0 radical (unpaired) electrons. The molecular weight excluding hydrogens is 224 g/mol. The summed E-state index contributed by atoms with van der Waals surface area (Å²) >= 11 is 0. The first kappa shape index (κ1) is 13.5. The number of hydrogen-bond acceptors (Lipinski definition) is 3. The molecule has 2 heterocycles. The molecule has 1 N–H and O–H groups in total. The van der Waals surface area contributed by atoms with Crippen molar-refractivity contribution in [3.63, 3.8) is 0 Å². The molecule has 2 rings (SSSR count). The number of pyridine rings is 1. The van der Waals surface area contributed by atoms with Crippen LogP contribution in [-0.4, -0.2) is 28.8 Å². The quantitative estimate of drug-likeness (QED) is 0.889. The largest absolute Gasteiger partial charge is 0.368 e. The molecule has 18 heavy (non-hydrogen) atoms. The van der Waals surface area contributed by atoms with E-state index in [-0.39, 0.29) is 11.2 Å². The van der Waals surface area contributed by atoms with E-state index in [1.807, 2.05) is 12.4 Å². The zero-order valence-corrected chi connectivity index (χ0v) is 11.9. The minimum absolute atomic E-state index is 0.0160. The molecule has 1 aliphatic heterocycles. The molecule has 0 spiro atoms. The van der Waals surface area contributed by atoms with E-state index in [1.165, 1.54) is 5.56 Å². The van der Waals surface area contributed by atoms with E-state index in [0.717, 1.165) is 19.4 Å². The molecule has 0 saturated carbocycles. The predicted molar refractivity (Wildman–Crippen MR) is 73.6 cm³/mol. The van der Waals surface area contributed by atoms with Crippen molar-refractivity contribution in [3.8, 4) is 0 Å². The SMILES string of the molecule is CC1(C)CC(NCCc2ccncc2)C(C)(C)O1. The minimum atomic E-state index is -0.0816. The van der Waals surface area contributed by atoms with E-state index in [2.05, 4.69) is 50.1 Å². The smallest absolute Gasteiger partial charge is 0.0787 e. The third kappa shape index (κ3) is 3.30. The van der Waals surface area contributed by atoms with Crippen molar-refractivity contribution >= 4 is 0 Å². The van der Waals surface area contributed by atoms with Gasteiger partial charge in [0.05, 0.1) is 11.2 Å². The van der Waals surface area contributed by atoms with Crippen molar-refractivity contribution in [2.24, 2.45) is 0 Å². The lowest BCUT2D eigenvalue weighted by Gasteiger charge is -2.27. The maximum absolute atomic E-state index is 6.08. The first-order chi connectivity index (χ1) is 8.39. The zero-order valence-electron chi connectivity index (χ0n) is 11.9. The van der Waals surface area contributed by atoms with Crippen LogP contribution in [0.1, 0.15) is 39.7 Å². The molecule has 0 aliphatic carbocycles. The van der Waals surface area contributed by atoms with Crippen LogP contribution in [0.25, 0.3) is 0 Å². The lowest BCUT2D eigenvalue weighted by molar-refractivity contribution is -0.0697. The summed E-state index contributed by atoms with van der Waals surface area (Å²) in [6, 6.07) is 4.57. The van der Waals surface area contributed by atoms with Gasteiger partial charge in [-0.25, -0.2) is 0 Å². The number of rotatable bonds is 4. The Morgan fingerprint density at radius 3 is 2.50 bits per heavy atom. The molecule has 1 aliphatic rings. The number of nitrogens with one attached hydrogen (secondary N) is 1. The molecule has 0 aromatic carbocycles. The minimum Gasteiger partial charge on any atom is -0.368 e. The Kier molecular flexibility index (Phi) is 3.74. The lowest BCUT2D eigenvalue weighted by Crippen LogP contribution is -2.44. The van der Waals surface area contributed by atoms with E-state index in [1.54, 1.807) is 0 Å². The van der Waals surface area contributed by atoms with Crippen molar-refractivity contribution < 1.29 is 4.74 Å². The van der Waals surface area contributed by atoms with Gasteiger partial charge in [0, 0.05) is 18.4 Å². The van der Waals surface area contributed by atoms with E-state index < -0.39 is 0 Å². The maximum Gasteiger partial charge on any atom is 0.0787 e. The number of nitrogens with zero attached hydrogens (tertiary/aromatic N) is 1. The van der Waals surface area contributed by atoms with E-state index in [4.69, 9.17) is 4.74 Å². The van der Waals surface area contributed by atoms with E-state index in [9.17, 15) is 0 Å². The van der Waals surface area contributed by atoms with Gasteiger partial charge in [-0.15, -0.1) is 0 Å². The molecule has 1 unspecified atom stereocenters. The Balaban J connectivity index is 1.84. The van der Waals surface area contributed by atoms with Crippen LogP contribution in [0.15, 0.2) is 24.5 Å². The lowest BCUT2D eigenvalue weighted by atomic mass is 9.94. The summed E-state index contributed by atoms with van der Waals surface area (Å²) in [6.45, 7) is 9.66. The van der Waals surface area contributed by atoms with Crippen LogP contribution >= 0.6 is 0 Å². The van der Waals surface area contributed by atoms with Gasteiger partial charge in [-0.3, -0.25) is 4.98 Å². The molecule has 3 heteroatoms. The van der Waals surface area contributed by atoms with Crippen molar-refractivity contribution in [1.82, 2.24) is 10.3 Å². The average Bonchev–Trinajstić information content (AvgIpc) is 2.48. The molecule has 1 atom stereocenters. The van der Waals surface area contributed by atoms with Gasteiger partial charge in [-0.2, -0.15) is 0 Å². The van der Waals surface area contributed by atoms with Gasteiger partial charge < -0.3 is 10.1 Å². The summed E-state index contributed by atoms with van der Waals surface area (Å²) < 4.78 is 6.08. The van der Waals surface area contributed by atoms with Gasteiger partial charge in [-0.05, 0) is 64.8 Å². The highest BCUT2D eigenvalue weighted by molar-refractivity contribution is 5.10. The summed E-state index contributed by atoms with van der Waals surface area (Å²) in [5.74, 6) is 0. The zero-order chi connectivity index (χ0) is 13.2. The van der Waals surface area contributed by atoms with E-state index in [0.29, 0.717) is 6.04 Å². The van der Waals surface area contributed by atoms with Gasteiger partial charge in [0.25, 0.3) is 0 Å².